The molecule has 0 radical (unpaired) electrons. The number of hydrogen-bond acceptors (Lipinski definition) is 6. The van der Waals surface area contributed by atoms with E-state index in [1.807, 2.05) is 17.9 Å². The van der Waals surface area contributed by atoms with Crippen LogP contribution in [0, 0.1) is 0 Å². The second-order valence-electron chi connectivity index (χ2n) is 6.74. The normalized spacial score (nSPS) is 19.1. The second kappa shape index (κ2) is 7.53. The molecule has 1 amide bonds. The van der Waals surface area contributed by atoms with Gasteiger partial charge in [0, 0.05) is 12.2 Å². The number of anilines is 1. The van der Waals surface area contributed by atoms with Crippen molar-refractivity contribution in [3.8, 4) is 0 Å². The quantitative estimate of drug-likeness (QED) is 0.750. The lowest BCUT2D eigenvalue weighted by Gasteiger charge is -2.45. The fourth-order valence-electron chi connectivity index (χ4n) is 3.66. The highest BCUT2D eigenvalue weighted by molar-refractivity contribution is 6.34. The van der Waals surface area contributed by atoms with Gasteiger partial charge in [-0.25, -0.2) is 4.99 Å². The van der Waals surface area contributed by atoms with Gasteiger partial charge in [-0.05, 0) is 50.3 Å². The first kappa shape index (κ1) is 18.5. The minimum atomic E-state index is -0.524. The first-order valence-corrected chi connectivity index (χ1v) is 9.42. The molecule has 0 unspecified atom stereocenters. The minimum absolute atomic E-state index is 0.182. The Kier molecular flexibility index (Phi) is 5.36. The summed E-state index contributed by atoms with van der Waals surface area (Å²) < 4.78 is 0. The van der Waals surface area contributed by atoms with Crippen LogP contribution in [0.1, 0.15) is 55.8 Å². The van der Waals surface area contributed by atoms with Gasteiger partial charge in [-0.1, -0.05) is 24.9 Å². The van der Waals surface area contributed by atoms with Crippen LogP contribution in [-0.2, 0) is 0 Å². The number of rotatable bonds is 4. The van der Waals surface area contributed by atoms with Crippen LogP contribution in [0.25, 0.3) is 0 Å². The summed E-state index contributed by atoms with van der Waals surface area (Å²) in [6, 6.07) is 5.30. The monoisotopic (exact) mass is 376 g/mol. The van der Waals surface area contributed by atoms with Crippen molar-refractivity contribution in [2.24, 2.45) is 21.5 Å². The van der Waals surface area contributed by atoms with Crippen molar-refractivity contribution in [1.82, 2.24) is 5.32 Å². The van der Waals surface area contributed by atoms with E-state index in [1.165, 1.54) is 6.42 Å². The summed E-state index contributed by atoms with van der Waals surface area (Å²) >= 11 is 6.40. The number of nitrogens with zero attached hydrogens (tertiary/aromatic N) is 3. The molecule has 2 aliphatic rings. The van der Waals surface area contributed by atoms with Crippen molar-refractivity contribution in [3.63, 3.8) is 0 Å². The third-order valence-electron chi connectivity index (χ3n) is 4.84. The Morgan fingerprint density at radius 2 is 2.04 bits per heavy atom. The van der Waals surface area contributed by atoms with Crippen LogP contribution in [0.4, 0.5) is 5.69 Å². The first-order valence-electron chi connectivity index (χ1n) is 9.04. The molecule has 1 aliphatic heterocycles. The van der Waals surface area contributed by atoms with Crippen molar-refractivity contribution in [3.05, 3.63) is 28.8 Å². The zero-order chi connectivity index (χ0) is 18.7. The number of guanidine groups is 2. The molecule has 3 rings (SSSR count). The van der Waals surface area contributed by atoms with Gasteiger partial charge >= 0.3 is 0 Å². The number of nitrogens with one attached hydrogen (secondary N) is 1. The highest BCUT2D eigenvalue weighted by atomic mass is 35.5. The molecule has 1 saturated carbocycles. The molecule has 26 heavy (non-hydrogen) atoms. The minimum Gasteiger partial charge on any atom is -0.369 e. The van der Waals surface area contributed by atoms with Gasteiger partial charge in [0.25, 0.3) is 5.91 Å². The van der Waals surface area contributed by atoms with Crippen molar-refractivity contribution < 1.29 is 4.79 Å². The highest BCUT2D eigenvalue weighted by Crippen LogP contribution is 2.40. The molecular formula is C18H25ClN6O. The van der Waals surface area contributed by atoms with Gasteiger partial charge in [0.15, 0.2) is 0 Å². The molecule has 1 aromatic rings. The number of hydrogen-bond donors (Lipinski definition) is 3. The smallest absolute Gasteiger partial charge is 0.252 e. The number of carbonyl (C=O) groups is 1. The molecule has 0 bridgehead atoms. The van der Waals surface area contributed by atoms with E-state index >= 15 is 0 Å². The van der Waals surface area contributed by atoms with Crippen LogP contribution < -0.4 is 21.7 Å². The molecule has 7 nitrogen and oxygen atoms in total. The van der Waals surface area contributed by atoms with Gasteiger partial charge in [-0.2, -0.15) is 4.99 Å². The lowest BCUT2D eigenvalue weighted by atomic mass is 9.87. The van der Waals surface area contributed by atoms with Crippen molar-refractivity contribution in [1.29, 1.82) is 0 Å². The number of benzene rings is 1. The van der Waals surface area contributed by atoms with E-state index in [2.05, 4.69) is 15.3 Å². The Bertz CT molecular complexity index is 754. The molecule has 1 aromatic carbocycles. The summed E-state index contributed by atoms with van der Waals surface area (Å²) in [5.74, 6) is 0.333. The summed E-state index contributed by atoms with van der Waals surface area (Å²) in [6.07, 6.45) is 5.82. The summed E-state index contributed by atoms with van der Waals surface area (Å²) in [4.78, 5) is 22.9. The van der Waals surface area contributed by atoms with Gasteiger partial charge in [0.05, 0.1) is 10.6 Å². The Balaban J connectivity index is 1.95. The van der Waals surface area contributed by atoms with Gasteiger partial charge in [0.2, 0.25) is 11.9 Å². The summed E-state index contributed by atoms with van der Waals surface area (Å²) in [7, 11) is 0. The molecule has 0 aromatic heterocycles. The van der Waals surface area contributed by atoms with Crippen LogP contribution in [0.3, 0.4) is 0 Å². The molecule has 1 spiro atoms. The number of aliphatic imine (C=N–C) groups is 2. The van der Waals surface area contributed by atoms with Gasteiger partial charge in [-0.3, -0.25) is 9.69 Å². The standard InChI is InChI=1S/C18H25ClN6O/c1-2-10-22-15(26)13-7-6-12(11-14(13)19)25-17(21)23-16(20)24-18(25)8-4-3-5-9-18/h6-7,11H,2-5,8-10H2,1H3,(H,22,26)(H4,20,21,23,24). The maximum Gasteiger partial charge on any atom is 0.252 e. The van der Waals surface area contributed by atoms with Crippen LogP contribution in [-0.4, -0.2) is 30.0 Å². The Hall–Kier alpha value is -2.28. The van der Waals surface area contributed by atoms with E-state index in [1.54, 1.807) is 12.1 Å². The zero-order valence-corrected chi connectivity index (χ0v) is 15.7. The van der Waals surface area contributed by atoms with Gasteiger partial charge in [0.1, 0.15) is 5.66 Å². The van der Waals surface area contributed by atoms with Crippen molar-refractivity contribution in [2.75, 3.05) is 11.4 Å². The maximum absolute atomic E-state index is 12.2. The van der Waals surface area contributed by atoms with E-state index in [-0.39, 0.29) is 11.9 Å². The molecule has 1 heterocycles. The third-order valence-corrected chi connectivity index (χ3v) is 5.16. The molecule has 1 aliphatic carbocycles. The average Bonchev–Trinajstić information content (AvgIpc) is 2.59. The molecule has 8 heteroatoms. The largest absolute Gasteiger partial charge is 0.369 e. The SMILES string of the molecule is CCCNC(=O)c1ccc(N2C(N)=NC(N)=NC23CCCCC3)cc1Cl. The number of carbonyl (C=O) groups excluding carboxylic acids is 1. The molecule has 140 valence electrons. The third kappa shape index (κ3) is 3.49. The molecular weight excluding hydrogens is 352 g/mol. The number of halogens is 1. The summed E-state index contributed by atoms with van der Waals surface area (Å²) in [6.45, 7) is 2.61. The van der Waals surface area contributed by atoms with Crippen LogP contribution in [0.2, 0.25) is 5.02 Å². The average molecular weight is 377 g/mol. The van der Waals surface area contributed by atoms with Crippen molar-refractivity contribution in [2.45, 2.75) is 51.1 Å². The zero-order valence-electron chi connectivity index (χ0n) is 15.0. The summed E-state index contributed by atoms with van der Waals surface area (Å²) in [5.41, 5.74) is 12.8. The Morgan fingerprint density at radius 1 is 1.31 bits per heavy atom. The van der Waals surface area contributed by atoms with E-state index in [0.717, 1.165) is 37.8 Å². The van der Waals surface area contributed by atoms with E-state index < -0.39 is 5.66 Å². The molecule has 0 saturated heterocycles. The maximum atomic E-state index is 12.2. The lowest BCUT2D eigenvalue weighted by molar-refractivity contribution is 0.0954. The lowest BCUT2D eigenvalue weighted by Crippen LogP contribution is -2.58. The Morgan fingerprint density at radius 3 is 2.69 bits per heavy atom. The topological polar surface area (TPSA) is 109 Å². The first-order chi connectivity index (χ1) is 12.5. The fraction of sp³-hybridized carbons (Fsp3) is 0.500. The number of amides is 1. The van der Waals surface area contributed by atoms with Crippen LogP contribution in [0.15, 0.2) is 28.2 Å². The number of nitrogens with two attached hydrogens (primary N) is 2. The van der Waals surface area contributed by atoms with E-state index in [0.29, 0.717) is 23.1 Å². The molecule has 1 fully saturated rings. The van der Waals surface area contributed by atoms with Gasteiger partial charge < -0.3 is 16.8 Å². The summed E-state index contributed by atoms with van der Waals surface area (Å²) in [5, 5.41) is 3.21. The van der Waals surface area contributed by atoms with Crippen LogP contribution >= 0.6 is 11.6 Å². The van der Waals surface area contributed by atoms with E-state index in [4.69, 9.17) is 23.1 Å². The van der Waals surface area contributed by atoms with Crippen molar-refractivity contribution >= 4 is 35.1 Å². The highest BCUT2D eigenvalue weighted by Gasteiger charge is 2.42. The molecule has 0 atom stereocenters. The fourth-order valence-corrected chi connectivity index (χ4v) is 3.92. The second-order valence-corrected chi connectivity index (χ2v) is 7.15. The van der Waals surface area contributed by atoms with E-state index in [9.17, 15) is 4.79 Å². The Labute approximate surface area is 158 Å². The molecule has 5 N–H and O–H groups in total. The predicted molar refractivity (Wildman–Crippen MR) is 106 cm³/mol. The van der Waals surface area contributed by atoms with Gasteiger partial charge in [-0.15, -0.1) is 0 Å². The van der Waals surface area contributed by atoms with Crippen LogP contribution in [0.5, 0.6) is 0 Å². The predicted octanol–water partition coefficient (Wildman–Crippen LogP) is 2.59.